The molecule has 1 aliphatic heterocycles. The van der Waals surface area contributed by atoms with Crippen molar-refractivity contribution in [2.45, 2.75) is 32.0 Å². The van der Waals surface area contributed by atoms with Crippen molar-refractivity contribution in [2.24, 2.45) is 11.8 Å². The lowest BCUT2D eigenvalue weighted by Crippen LogP contribution is -2.39. The number of β-amino-alcohol motifs (C(OH)–C–C–N with tert-alkyl or cyclic N) is 1. The van der Waals surface area contributed by atoms with Gasteiger partial charge in [0, 0.05) is 5.02 Å². The highest BCUT2D eigenvalue weighted by Gasteiger charge is 2.47. The first-order valence-electron chi connectivity index (χ1n) is 8.52. The van der Waals surface area contributed by atoms with Crippen molar-refractivity contribution in [3.05, 3.63) is 47.0 Å². The monoisotopic (exact) mass is 363 g/mol. The average molecular weight is 364 g/mol. The summed E-state index contributed by atoms with van der Waals surface area (Å²) in [5.74, 6) is -0.884. The van der Waals surface area contributed by atoms with Crippen molar-refractivity contribution in [1.82, 2.24) is 4.90 Å². The van der Waals surface area contributed by atoms with Crippen molar-refractivity contribution in [1.29, 1.82) is 0 Å². The van der Waals surface area contributed by atoms with E-state index in [9.17, 15) is 14.7 Å². The van der Waals surface area contributed by atoms with E-state index in [2.05, 4.69) is 0 Å². The van der Waals surface area contributed by atoms with Crippen LogP contribution < -0.4 is 0 Å². The summed E-state index contributed by atoms with van der Waals surface area (Å²) in [4.78, 5) is 26.0. The number of aliphatic hydroxyl groups is 1. The van der Waals surface area contributed by atoms with Gasteiger partial charge in [-0.2, -0.15) is 0 Å². The van der Waals surface area contributed by atoms with Gasteiger partial charge in [-0.3, -0.25) is 14.5 Å². The summed E-state index contributed by atoms with van der Waals surface area (Å²) in [6.45, 7) is 1.91. The van der Waals surface area contributed by atoms with Crippen LogP contribution in [0.1, 0.15) is 31.4 Å². The lowest BCUT2D eigenvalue weighted by atomic mass is 9.85. The summed E-state index contributed by atoms with van der Waals surface area (Å²) in [7, 11) is 0. The number of allylic oxidation sites excluding steroid dienone is 2. The van der Waals surface area contributed by atoms with Crippen LogP contribution in [0.5, 0.6) is 0 Å². The van der Waals surface area contributed by atoms with Crippen LogP contribution >= 0.6 is 11.6 Å². The Morgan fingerprint density at radius 3 is 2.28 bits per heavy atom. The molecule has 0 unspecified atom stereocenters. The molecular formula is C19H22ClNO4. The average Bonchev–Trinajstić information content (AvgIpc) is 2.86. The number of carbonyl (C=O) groups excluding carboxylic acids is 2. The number of likely N-dealkylation sites (tertiary alicyclic amines) is 1. The highest BCUT2D eigenvalue weighted by molar-refractivity contribution is 6.30. The number of halogens is 1. The number of imide groups is 1. The zero-order valence-electron chi connectivity index (χ0n) is 14.1. The second-order valence-electron chi connectivity index (χ2n) is 6.62. The number of hydrogen-bond donors (Lipinski definition) is 1. The molecule has 2 amide bonds. The van der Waals surface area contributed by atoms with E-state index in [0.717, 1.165) is 5.56 Å². The number of nitrogens with zero attached hydrogens (tertiary/aromatic N) is 1. The second-order valence-corrected chi connectivity index (χ2v) is 7.06. The van der Waals surface area contributed by atoms with E-state index in [4.69, 9.17) is 16.3 Å². The van der Waals surface area contributed by atoms with Gasteiger partial charge in [-0.25, -0.2) is 0 Å². The lowest BCUT2D eigenvalue weighted by Gasteiger charge is -2.21. The summed E-state index contributed by atoms with van der Waals surface area (Å²) in [6.07, 6.45) is 3.98. The molecule has 1 aliphatic carbocycles. The van der Waals surface area contributed by atoms with Crippen molar-refractivity contribution in [2.75, 3.05) is 13.2 Å². The third kappa shape index (κ3) is 3.94. The number of ether oxygens (including phenoxy) is 1. The normalized spacial score (nSPS) is 25.2. The minimum atomic E-state index is -0.907. The van der Waals surface area contributed by atoms with Crippen LogP contribution in [0.25, 0.3) is 0 Å². The van der Waals surface area contributed by atoms with E-state index in [1.165, 1.54) is 4.90 Å². The minimum Gasteiger partial charge on any atom is -0.389 e. The molecule has 0 saturated carbocycles. The van der Waals surface area contributed by atoms with Crippen LogP contribution in [0, 0.1) is 11.8 Å². The minimum absolute atomic E-state index is 0.0159. The smallest absolute Gasteiger partial charge is 0.233 e. The van der Waals surface area contributed by atoms with E-state index < -0.39 is 6.10 Å². The van der Waals surface area contributed by atoms with Gasteiger partial charge in [0.25, 0.3) is 0 Å². The van der Waals surface area contributed by atoms with Gasteiger partial charge in [-0.05, 0) is 37.5 Å². The molecule has 5 nitrogen and oxygen atoms in total. The van der Waals surface area contributed by atoms with Gasteiger partial charge in [0.2, 0.25) is 11.8 Å². The van der Waals surface area contributed by atoms with E-state index in [0.29, 0.717) is 17.9 Å². The Morgan fingerprint density at radius 1 is 1.16 bits per heavy atom. The molecule has 0 spiro atoms. The number of rotatable bonds is 6. The SMILES string of the molecule is C[C@H](OC[C@@H](O)CN1C(=O)[C@H]2CC=CC[C@H]2C1=O)c1ccc(Cl)cc1. The Morgan fingerprint density at radius 2 is 1.72 bits per heavy atom. The van der Waals surface area contributed by atoms with Gasteiger partial charge in [0.1, 0.15) is 0 Å². The van der Waals surface area contributed by atoms with Gasteiger partial charge < -0.3 is 9.84 Å². The Balaban J connectivity index is 1.52. The molecule has 0 bridgehead atoms. The van der Waals surface area contributed by atoms with Gasteiger partial charge >= 0.3 is 0 Å². The summed E-state index contributed by atoms with van der Waals surface area (Å²) in [6, 6.07) is 7.30. The molecule has 1 aromatic carbocycles. The van der Waals surface area contributed by atoms with Crippen LogP contribution in [0.2, 0.25) is 5.02 Å². The van der Waals surface area contributed by atoms with Crippen molar-refractivity contribution < 1.29 is 19.4 Å². The first-order valence-corrected chi connectivity index (χ1v) is 8.90. The Kier molecular flexibility index (Phi) is 5.57. The molecular weight excluding hydrogens is 342 g/mol. The Bertz CT molecular complexity index is 647. The quantitative estimate of drug-likeness (QED) is 0.623. The Hall–Kier alpha value is -1.69. The first-order chi connectivity index (χ1) is 12.0. The highest BCUT2D eigenvalue weighted by atomic mass is 35.5. The fourth-order valence-electron chi connectivity index (χ4n) is 3.40. The molecule has 0 aromatic heterocycles. The molecule has 1 aromatic rings. The number of amides is 2. The molecule has 3 rings (SSSR count). The van der Waals surface area contributed by atoms with Crippen molar-refractivity contribution in [3.63, 3.8) is 0 Å². The number of aliphatic hydroxyl groups excluding tert-OH is 1. The zero-order chi connectivity index (χ0) is 18.0. The second kappa shape index (κ2) is 7.68. The number of fused-ring (bicyclic) bond motifs is 1. The molecule has 2 aliphatic rings. The van der Waals surface area contributed by atoms with E-state index in [1.807, 2.05) is 31.2 Å². The predicted molar refractivity (Wildman–Crippen MR) is 93.9 cm³/mol. The van der Waals surface area contributed by atoms with Gasteiger partial charge in [-0.1, -0.05) is 35.9 Å². The first kappa shape index (κ1) is 18.1. The predicted octanol–water partition coefficient (Wildman–Crippen LogP) is 2.73. The standard InChI is InChI=1S/C19H22ClNO4/c1-12(13-6-8-14(20)9-7-13)25-11-15(22)10-21-18(23)16-4-2-3-5-17(16)19(21)24/h2-3,6-9,12,15-17,22H,4-5,10-11H2,1H3/t12-,15-,16-,17+/m0/s1. The molecule has 1 N–H and O–H groups in total. The molecule has 4 atom stereocenters. The van der Waals surface area contributed by atoms with E-state index in [-0.39, 0.29) is 42.9 Å². The maximum atomic E-state index is 12.4. The number of hydrogen-bond acceptors (Lipinski definition) is 4. The van der Waals surface area contributed by atoms with Crippen molar-refractivity contribution >= 4 is 23.4 Å². The molecule has 0 radical (unpaired) electrons. The molecule has 1 saturated heterocycles. The van der Waals surface area contributed by atoms with E-state index >= 15 is 0 Å². The third-order valence-electron chi connectivity index (χ3n) is 4.87. The summed E-state index contributed by atoms with van der Waals surface area (Å²) >= 11 is 5.86. The van der Waals surface area contributed by atoms with Crippen molar-refractivity contribution in [3.8, 4) is 0 Å². The highest BCUT2D eigenvalue weighted by Crippen LogP contribution is 2.35. The number of benzene rings is 1. The van der Waals surface area contributed by atoms with Gasteiger partial charge in [-0.15, -0.1) is 0 Å². The molecule has 1 heterocycles. The summed E-state index contributed by atoms with van der Waals surface area (Å²) < 4.78 is 5.67. The van der Waals surface area contributed by atoms with Crippen LogP contribution in [0.3, 0.4) is 0 Å². The van der Waals surface area contributed by atoms with Gasteiger partial charge in [0.05, 0.1) is 37.2 Å². The molecule has 134 valence electrons. The summed E-state index contributed by atoms with van der Waals surface area (Å²) in [5.41, 5.74) is 0.946. The molecule has 25 heavy (non-hydrogen) atoms. The lowest BCUT2D eigenvalue weighted by molar-refractivity contribution is -0.142. The zero-order valence-corrected chi connectivity index (χ0v) is 14.9. The molecule has 6 heteroatoms. The maximum absolute atomic E-state index is 12.4. The van der Waals surface area contributed by atoms with Crippen LogP contribution in [-0.4, -0.2) is 41.1 Å². The maximum Gasteiger partial charge on any atom is 0.233 e. The third-order valence-corrected chi connectivity index (χ3v) is 5.12. The fraction of sp³-hybridized carbons (Fsp3) is 0.474. The fourth-order valence-corrected chi connectivity index (χ4v) is 3.52. The summed E-state index contributed by atoms with van der Waals surface area (Å²) in [5, 5.41) is 10.9. The molecule has 1 fully saturated rings. The number of carbonyl (C=O) groups is 2. The van der Waals surface area contributed by atoms with Crippen LogP contribution in [0.4, 0.5) is 0 Å². The van der Waals surface area contributed by atoms with Gasteiger partial charge in [0.15, 0.2) is 0 Å². The van der Waals surface area contributed by atoms with Crippen LogP contribution in [0.15, 0.2) is 36.4 Å². The Labute approximate surface area is 152 Å². The van der Waals surface area contributed by atoms with Crippen LogP contribution in [-0.2, 0) is 14.3 Å². The largest absolute Gasteiger partial charge is 0.389 e. The topological polar surface area (TPSA) is 66.8 Å². The van der Waals surface area contributed by atoms with E-state index in [1.54, 1.807) is 12.1 Å².